The molecule has 0 saturated heterocycles. The summed E-state index contributed by atoms with van der Waals surface area (Å²) in [6.07, 6.45) is 7.82. The molecule has 1 aromatic heterocycles. The third kappa shape index (κ3) is 10.2. The molecule has 5 rings (SSSR count). The average Bonchev–Trinajstić information content (AvgIpc) is 3.63. The lowest BCUT2D eigenvalue weighted by molar-refractivity contribution is -0.132. The highest BCUT2D eigenvalue weighted by atomic mass is 16.6. The van der Waals surface area contributed by atoms with Crippen LogP contribution in [0.4, 0.5) is 0 Å². The zero-order valence-corrected chi connectivity index (χ0v) is 32.6. The molecular weight excluding hydrogens is 719 g/mol. The van der Waals surface area contributed by atoms with Crippen molar-refractivity contribution >= 4 is 40.8 Å². The van der Waals surface area contributed by atoms with Crippen molar-refractivity contribution in [3.05, 3.63) is 125 Å². The number of benzene rings is 4. The number of hydrogen-bond donors (Lipinski definition) is 3. The topological polar surface area (TPSA) is 166 Å². The van der Waals surface area contributed by atoms with Crippen LogP contribution in [-0.4, -0.2) is 37.0 Å². The maximum atomic E-state index is 13.6. The van der Waals surface area contributed by atoms with E-state index in [1.54, 1.807) is 24.4 Å². The summed E-state index contributed by atoms with van der Waals surface area (Å²) in [5, 5.41) is 26.9. The molecule has 0 unspecified atom stereocenters. The molecule has 0 saturated carbocycles. The molecule has 0 radical (unpaired) electrons. The number of nitrogens with one attached hydrogen (secondary N) is 3. The van der Waals surface area contributed by atoms with Gasteiger partial charge in [0, 0.05) is 29.6 Å². The van der Waals surface area contributed by atoms with E-state index in [1.807, 2.05) is 85.8 Å². The van der Waals surface area contributed by atoms with Gasteiger partial charge in [-0.3, -0.25) is 14.4 Å². The van der Waals surface area contributed by atoms with E-state index in [-0.39, 0.29) is 34.4 Å². The number of amides is 2. The zero-order valence-electron chi connectivity index (χ0n) is 32.6. The van der Waals surface area contributed by atoms with Crippen molar-refractivity contribution in [1.82, 2.24) is 15.6 Å². The maximum Gasteiger partial charge on any atom is 0.308 e. The Hall–Kier alpha value is -7.11. The molecule has 4 aromatic carbocycles. The van der Waals surface area contributed by atoms with Crippen molar-refractivity contribution in [3.8, 4) is 40.5 Å². The third-order valence-electron chi connectivity index (χ3n) is 9.37. The number of ether oxygens (including phenoxy) is 3. The molecule has 0 aliphatic heterocycles. The largest absolute Gasteiger partial charge is 0.493 e. The summed E-state index contributed by atoms with van der Waals surface area (Å²) in [4.78, 5) is 41.8. The number of aromatic amines is 1. The fraction of sp³-hybridized carbons (Fsp3) is 0.239. The summed E-state index contributed by atoms with van der Waals surface area (Å²) in [6.45, 7) is 5.34. The number of esters is 1. The summed E-state index contributed by atoms with van der Waals surface area (Å²) in [7, 11) is 2.82. The minimum absolute atomic E-state index is 0.0137. The molecule has 2 amide bonds. The highest BCUT2D eigenvalue weighted by Crippen LogP contribution is 2.39. The van der Waals surface area contributed by atoms with Crippen LogP contribution in [0, 0.1) is 22.7 Å². The Morgan fingerprint density at radius 3 is 1.89 bits per heavy atom. The molecule has 57 heavy (non-hydrogen) atoms. The van der Waals surface area contributed by atoms with Gasteiger partial charge in [-0.15, -0.1) is 0 Å². The van der Waals surface area contributed by atoms with Gasteiger partial charge in [-0.05, 0) is 77.1 Å². The Balaban J connectivity index is 1.37. The highest BCUT2D eigenvalue weighted by Gasteiger charge is 2.21. The van der Waals surface area contributed by atoms with E-state index < -0.39 is 23.8 Å². The normalized spacial score (nSPS) is 12.5. The van der Waals surface area contributed by atoms with Crippen LogP contribution in [-0.2, 0) is 14.4 Å². The van der Waals surface area contributed by atoms with E-state index in [9.17, 15) is 24.9 Å². The second-order valence-electron chi connectivity index (χ2n) is 13.4. The highest BCUT2D eigenvalue weighted by molar-refractivity contribution is 6.04. The van der Waals surface area contributed by atoms with Gasteiger partial charge >= 0.3 is 5.97 Å². The first-order valence-corrected chi connectivity index (χ1v) is 18.7. The number of carbonyl (C=O) groups is 3. The van der Waals surface area contributed by atoms with Crippen molar-refractivity contribution in [3.63, 3.8) is 0 Å². The predicted octanol–water partition coefficient (Wildman–Crippen LogP) is 8.91. The summed E-state index contributed by atoms with van der Waals surface area (Å²) in [5.41, 5.74) is 5.56. The van der Waals surface area contributed by atoms with Gasteiger partial charge < -0.3 is 29.8 Å². The van der Waals surface area contributed by atoms with Crippen LogP contribution < -0.4 is 24.8 Å². The molecule has 2 atom stereocenters. The smallest absolute Gasteiger partial charge is 0.308 e. The van der Waals surface area contributed by atoms with E-state index in [1.165, 1.54) is 27.2 Å². The van der Waals surface area contributed by atoms with E-state index in [2.05, 4.69) is 28.6 Å². The van der Waals surface area contributed by atoms with Crippen LogP contribution in [0.25, 0.3) is 34.2 Å². The molecular formula is C46H45N5O6. The van der Waals surface area contributed by atoms with Crippen LogP contribution in [0.15, 0.2) is 102 Å². The quantitative estimate of drug-likeness (QED) is 0.0388. The second kappa shape index (κ2) is 19.5. The van der Waals surface area contributed by atoms with E-state index >= 15 is 0 Å². The van der Waals surface area contributed by atoms with E-state index in [4.69, 9.17) is 14.2 Å². The van der Waals surface area contributed by atoms with Crippen LogP contribution in [0.5, 0.6) is 17.2 Å². The van der Waals surface area contributed by atoms with Gasteiger partial charge in [0.2, 0.25) is 5.75 Å². The molecule has 3 N–H and O–H groups in total. The second-order valence-corrected chi connectivity index (χ2v) is 13.4. The van der Waals surface area contributed by atoms with E-state index in [0.29, 0.717) is 17.5 Å². The summed E-state index contributed by atoms with van der Waals surface area (Å²) in [6, 6.07) is 30.1. The minimum Gasteiger partial charge on any atom is -0.493 e. The molecule has 5 aromatic rings. The number of nitriles is 2. The third-order valence-corrected chi connectivity index (χ3v) is 9.37. The number of rotatable bonds is 16. The van der Waals surface area contributed by atoms with E-state index in [0.717, 1.165) is 52.4 Å². The van der Waals surface area contributed by atoms with Gasteiger partial charge in [0.25, 0.3) is 11.8 Å². The summed E-state index contributed by atoms with van der Waals surface area (Å²) in [5.74, 6) is -1.04. The molecule has 290 valence electrons. The van der Waals surface area contributed by atoms with Crippen molar-refractivity contribution in [2.45, 2.75) is 58.5 Å². The molecule has 0 bridgehead atoms. The Morgan fingerprint density at radius 2 is 1.32 bits per heavy atom. The van der Waals surface area contributed by atoms with Crippen molar-refractivity contribution in [2.24, 2.45) is 0 Å². The monoisotopic (exact) mass is 763 g/mol. The van der Waals surface area contributed by atoms with Gasteiger partial charge in [-0.25, -0.2) is 0 Å². The van der Waals surface area contributed by atoms with Crippen LogP contribution in [0.2, 0.25) is 0 Å². The predicted molar refractivity (Wildman–Crippen MR) is 220 cm³/mol. The van der Waals surface area contributed by atoms with Crippen LogP contribution in [0.1, 0.15) is 80.8 Å². The zero-order chi connectivity index (χ0) is 40.9. The van der Waals surface area contributed by atoms with Crippen LogP contribution in [0.3, 0.4) is 0 Å². The first kappa shape index (κ1) is 41.1. The Kier molecular flexibility index (Phi) is 14.0. The van der Waals surface area contributed by atoms with Crippen molar-refractivity contribution in [1.29, 1.82) is 10.5 Å². The standard InChI is InChI=1S/C46H45N5O6/c1-6-12-39(31-14-9-8-10-15-31)50-46(54)36(27-48)24-37-28-49-41-25-33(18-19-38(37)41)32-16-11-17-34(23-32)40(13-7-2)51-45(53)35(26-47)20-30-21-42(55-4)44(57-29(3)52)43(22-30)56-5/h8-11,14-25,28,39-40,49H,6-7,12-13H2,1-5H3,(H,50,54)(H,51,53)/b35-20+,36-24+/t39-,40-/m0/s1. The molecule has 0 aliphatic carbocycles. The molecule has 0 spiro atoms. The number of aromatic nitrogens is 1. The number of hydrogen-bond acceptors (Lipinski definition) is 8. The number of carbonyl (C=O) groups excluding carboxylic acids is 3. The van der Waals surface area contributed by atoms with Crippen molar-refractivity contribution < 1.29 is 28.6 Å². The SMILES string of the molecule is CCC[C@H](NC(=O)/C(C#N)=C/c1c[nH]c2cc(-c3cccc([C@H](CCC)NC(=O)/C(C#N)=C/c4cc(OC)c(OC(C)=O)c(OC)c4)c3)ccc12)c1ccccc1. The lowest BCUT2D eigenvalue weighted by atomic mass is 9.96. The Labute approximate surface area is 332 Å². The summed E-state index contributed by atoms with van der Waals surface area (Å²) < 4.78 is 16.0. The van der Waals surface area contributed by atoms with Crippen molar-refractivity contribution in [2.75, 3.05) is 14.2 Å². The van der Waals surface area contributed by atoms with Gasteiger partial charge in [0.05, 0.1) is 26.3 Å². The molecule has 0 aliphatic rings. The Bertz CT molecular complexity index is 2370. The fourth-order valence-electron chi connectivity index (χ4n) is 6.61. The fourth-order valence-corrected chi connectivity index (χ4v) is 6.61. The first-order chi connectivity index (χ1) is 27.6. The number of nitrogens with zero attached hydrogens (tertiary/aromatic N) is 2. The summed E-state index contributed by atoms with van der Waals surface area (Å²) >= 11 is 0. The molecule has 11 nitrogen and oxygen atoms in total. The Morgan fingerprint density at radius 1 is 0.737 bits per heavy atom. The van der Waals surface area contributed by atoms with Gasteiger partial charge in [0.1, 0.15) is 23.3 Å². The first-order valence-electron chi connectivity index (χ1n) is 18.7. The maximum absolute atomic E-state index is 13.6. The lowest BCUT2D eigenvalue weighted by Gasteiger charge is -2.19. The van der Waals surface area contributed by atoms with Gasteiger partial charge in [0.15, 0.2) is 11.5 Å². The molecule has 11 heteroatoms. The number of methoxy groups -OCH3 is 2. The molecule has 0 fully saturated rings. The number of fused-ring (bicyclic) bond motifs is 1. The van der Waals surface area contributed by atoms with Gasteiger partial charge in [-0.2, -0.15) is 10.5 Å². The van der Waals surface area contributed by atoms with Crippen LogP contribution >= 0.6 is 0 Å². The lowest BCUT2D eigenvalue weighted by Crippen LogP contribution is -2.29. The minimum atomic E-state index is -0.558. The average molecular weight is 764 g/mol. The molecule has 1 heterocycles. The van der Waals surface area contributed by atoms with Gasteiger partial charge in [-0.1, -0.05) is 87.4 Å². The number of H-pyrrole nitrogens is 1.